The molecule has 0 radical (unpaired) electrons. The van der Waals surface area contributed by atoms with E-state index in [1.165, 1.54) is 0 Å². The summed E-state index contributed by atoms with van der Waals surface area (Å²) in [6.07, 6.45) is -3.80. The molecule has 1 aliphatic carbocycles. The van der Waals surface area contributed by atoms with E-state index in [2.05, 4.69) is 10.3 Å². The Morgan fingerprint density at radius 2 is 2.00 bits per heavy atom. The van der Waals surface area contributed by atoms with Crippen LogP contribution in [0.4, 0.5) is 17.6 Å². The number of halogens is 5. The molecule has 36 heavy (non-hydrogen) atoms. The first-order valence-corrected chi connectivity index (χ1v) is 12.4. The summed E-state index contributed by atoms with van der Waals surface area (Å²) in [7, 11) is 0. The van der Waals surface area contributed by atoms with E-state index in [9.17, 15) is 27.2 Å². The Balaban J connectivity index is 1.39. The zero-order valence-electron chi connectivity index (χ0n) is 18.9. The molecule has 1 N–H and O–H groups in total. The van der Waals surface area contributed by atoms with Crippen molar-refractivity contribution >= 4 is 34.8 Å². The predicted molar refractivity (Wildman–Crippen MR) is 127 cm³/mol. The minimum absolute atomic E-state index is 0.0105. The third-order valence-corrected chi connectivity index (χ3v) is 7.80. The number of nitrogens with one attached hydrogen (secondary N) is 1. The highest BCUT2D eigenvalue weighted by molar-refractivity contribution is 7.15. The van der Waals surface area contributed by atoms with Crippen LogP contribution in [-0.2, 0) is 6.18 Å². The molecule has 2 heterocycles. The monoisotopic (exact) mass is 537 g/mol. The smallest absolute Gasteiger partial charge is 0.350 e. The average molecular weight is 538 g/mol. The first-order chi connectivity index (χ1) is 17.0. The maximum atomic E-state index is 14.1. The highest BCUT2D eigenvalue weighted by Gasteiger charge is 2.54. The topological polar surface area (TPSA) is 62.3 Å². The predicted octanol–water partition coefficient (Wildman–Crippen LogP) is 5.82. The van der Waals surface area contributed by atoms with Crippen LogP contribution < -0.4 is 5.32 Å². The molecular weight excluding hydrogens is 518 g/mol. The van der Waals surface area contributed by atoms with Crippen LogP contribution in [0.3, 0.4) is 0 Å². The number of aromatic nitrogens is 1. The lowest BCUT2D eigenvalue weighted by atomic mass is 10.1. The summed E-state index contributed by atoms with van der Waals surface area (Å²) in [5, 5.41) is 3.76. The fourth-order valence-corrected chi connectivity index (χ4v) is 5.87. The lowest BCUT2D eigenvalue weighted by molar-refractivity contribution is -0.137. The molecule has 2 aromatic carbocycles. The van der Waals surface area contributed by atoms with Gasteiger partial charge in [0.25, 0.3) is 11.8 Å². The number of alkyl halides is 3. The van der Waals surface area contributed by atoms with E-state index in [1.54, 1.807) is 36.1 Å². The second-order valence-electron chi connectivity index (χ2n) is 9.04. The number of nitrogens with zero attached hydrogens (tertiary/aromatic N) is 2. The van der Waals surface area contributed by atoms with Crippen molar-refractivity contribution in [2.75, 3.05) is 13.1 Å². The summed E-state index contributed by atoms with van der Waals surface area (Å²) in [4.78, 5) is 32.3. The Morgan fingerprint density at radius 1 is 1.22 bits per heavy atom. The second-order valence-corrected chi connectivity index (χ2v) is 10.7. The van der Waals surface area contributed by atoms with E-state index in [0.29, 0.717) is 34.1 Å². The molecular formula is C25H20ClF4N3O2S. The normalized spacial score (nSPS) is 20.8. The zero-order valence-corrected chi connectivity index (χ0v) is 20.5. The van der Waals surface area contributed by atoms with E-state index in [0.717, 1.165) is 29.9 Å². The highest BCUT2D eigenvalue weighted by atomic mass is 35.5. The number of amides is 2. The van der Waals surface area contributed by atoms with Crippen molar-refractivity contribution in [1.29, 1.82) is 0 Å². The molecule has 1 aliphatic heterocycles. The Bertz CT molecular complexity index is 1360. The van der Waals surface area contributed by atoms with Crippen molar-refractivity contribution in [1.82, 2.24) is 15.2 Å². The van der Waals surface area contributed by atoms with Gasteiger partial charge in [-0.15, -0.1) is 11.3 Å². The molecule has 188 valence electrons. The first-order valence-electron chi connectivity index (χ1n) is 11.2. The van der Waals surface area contributed by atoms with Gasteiger partial charge in [0.1, 0.15) is 11.5 Å². The van der Waals surface area contributed by atoms with Gasteiger partial charge in [-0.2, -0.15) is 13.2 Å². The van der Waals surface area contributed by atoms with Gasteiger partial charge in [0.15, 0.2) is 0 Å². The molecule has 2 fully saturated rings. The van der Waals surface area contributed by atoms with Crippen molar-refractivity contribution in [3.8, 4) is 10.4 Å². The molecule has 1 saturated heterocycles. The number of carbonyl (C=O) groups is 2. The molecule has 11 heteroatoms. The number of carbonyl (C=O) groups excluding carboxylic acids is 2. The molecule has 0 spiro atoms. The minimum Gasteiger partial charge on any atom is -0.350 e. The fraction of sp³-hybridized carbons (Fsp3) is 0.320. The molecule has 2 amide bonds. The number of hydrogen-bond donors (Lipinski definition) is 1. The fourth-order valence-electron chi connectivity index (χ4n) is 4.78. The van der Waals surface area contributed by atoms with Gasteiger partial charge in [-0.3, -0.25) is 9.59 Å². The zero-order chi connectivity index (χ0) is 25.8. The Labute approximate surface area is 213 Å². The highest BCUT2D eigenvalue weighted by Crippen LogP contribution is 2.50. The van der Waals surface area contributed by atoms with Gasteiger partial charge in [-0.25, -0.2) is 9.37 Å². The number of aryl methyl sites for hydroxylation is 1. The molecule has 1 unspecified atom stereocenters. The maximum absolute atomic E-state index is 14.1. The lowest BCUT2D eigenvalue weighted by Gasteiger charge is -2.27. The van der Waals surface area contributed by atoms with Gasteiger partial charge in [0.05, 0.1) is 21.5 Å². The number of hydrogen-bond acceptors (Lipinski definition) is 4. The van der Waals surface area contributed by atoms with Crippen LogP contribution in [0.15, 0.2) is 42.5 Å². The molecule has 3 atom stereocenters. The van der Waals surface area contributed by atoms with Gasteiger partial charge >= 0.3 is 6.18 Å². The van der Waals surface area contributed by atoms with Crippen molar-refractivity contribution in [2.45, 2.75) is 25.6 Å². The van der Waals surface area contributed by atoms with E-state index in [1.807, 2.05) is 0 Å². The number of piperidine rings is 1. The number of fused-ring (bicyclic) bond motifs is 1. The van der Waals surface area contributed by atoms with Gasteiger partial charge in [-0.05, 0) is 67.1 Å². The largest absolute Gasteiger partial charge is 0.416 e. The summed E-state index contributed by atoms with van der Waals surface area (Å²) in [5.74, 6) is -1.28. The Morgan fingerprint density at radius 3 is 2.72 bits per heavy atom. The van der Waals surface area contributed by atoms with E-state index in [-0.39, 0.29) is 40.5 Å². The molecule has 2 aliphatic rings. The van der Waals surface area contributed by atoms with Crippen molar-refractivity contribution in [3.63, 3.8) is 0 Å². The standard InChI is InChI=1S/C25H20ClF4N3O2S/c1-12-32-21(22(36-12)14-5-16(25(28,29)30)9-18(27)7-14)24(35)33-11-15-8-19(15)20(33)10-31-23(34)13-3-2-4-17(26)6-13/h2-7,9,15,19-20H,8,10-11H2,1H3,(H,31,34)/t15-,19?,20+/m0/s1. The third kappa shape index (κ3) is 4.84. The minimum atomic E-state index is -4.73. The van der Waals surface area contributed by atoms with Crippen LogP contribution >= 0.6 is 22.9 Å². The molecule has 1 aromatic heterocycles. The molecule has 3 aromatic rings. The van der Waals surface area contributed by atoms with Crippen LogP contribution in [0.5, 0.6) is 0 Å². The van der Waals surface area contributed by atoms with Gasteiger partial charge < -0.3 is 10.2 Å². The van der Waals surface area contributed by atoms with Gasteiger partial charge in [0, 0.05) is 23.7 Å². The van der Waals surface area contributed by atoms with Crippen LogP contribution in [0.25, 0.3) is 10.4 Å². The summed E-state index contributed by atoms with van der Waals surface area (Å²) >= 11 is 7.00. The lowest BCUT2D eigenvalue weighted by Crippen LogP contribution is -2.45. The van der Waals surface area contributed by atoms with Crippen LogP contribution in [-0.4, -0.2) is 40.8 Å². The summed E-state index contributed by atoms with van der Waals surface area (Å²) in [5.41, 5.74) is -0.796. The van der Waals surface area contributed by atoms with Crippen LogP contribution in [0, 0.1) is 24.6 Å². The maximum Gasteiger partial charge on any atom is 0.416 e. The quantitative estimate of drug-likeness (QED) is 0.417. The van der Waals surface area contributed by atoms with Gasteiger partial charge in [0.2, 0.25) is 0 Å². The second kappa shape index (κ2) is 9.15. The number of benzene rings is 2. The van der Waals surface area contributed by atoms with Crippen molar-refractivity contribution in [2.24, 2.45) is 11.8 Å². The summed E-state index contributed by atoms with van der Waals surface area (Å²) in [6, 6.07) is 8.46. The molecule has 1 saturated carbocycles. The number of thiazole rings is 1. The molecule has 0 bridgehead atoms. The van der Waals surface area contributed by atoms with Crippen molar-refractivity contribution < 1.29 is 27.2 Å². The van der Waals surface area contributed by atoms with Gasteiger partial charge in [-0.1, -0.05) is 17.7 Å². The molecule has 5 rings (SSSR count). The van der Waals surface area contributed by atoms with Crippen molar-refractivity contribution in [3.05, 3.63) is 75.1 Å². The number of likely N-dealkylation sites (tertiary alicyclic amines) is 1. The van der Waals surface area contributed by atoms with E-state index < -0.39 is 23.5 Å². The average Bonchev–Trinajstić information content (AvgIpc) is 3.32. The Hall–Kier alpha value is -2.98. The Kier molecular flexibility index (Phi) is 6.28. The number of rotatable bonds is 5. The third-order valence-electron chi connectivity index (χ3n) is 6.55. The summed E-state index contributed by atoms with van der Waals surface area (Å²) < 4.78 is 53.9. The summed E-state index contributed by atoms with van der Waals surface area (Å²) in [6.45, 7) is 2.32. The van der Waals surface area contributed by atoms with Crippen LogP contribution in [0.1, 0.15) is 37.8 Å². The molecule has 5 nitrogen and oxygen atoms in total. The van der Waals surface area contributed by atoms with E-state index >= 15 is 0 Å². The van der Waals surface area contributed by atoms with E-state index in [4.69, 9.17) is 11.6 Å². The SMILES string of the molecule is Cc1nc(C(=O)N2C[C@@H]3CC3[C@H]2CNC(=O)c2cccc(Cl)c2)c(-c2cc(F)cc(C(F)(F)F)c2)s1. The van der Waals surface area contributed by atoms with Crippen LogP contribution in [0.2, 0.25) is 5.02 Å². The first kappa shape index (κ1) is 24.7.